The standard InChI is InChI=1S/C26H27N7O2/c1-3-27-26(25(34)35-4-2)28-22-11-7-8-12-23(22)33(26)17-18-13-15-19(16-14-18)20-9-5-6-10-21(20)24-29-31-32-30-24/h5-16,27-28H,3-4,17H2,1-2H3,(H,29,30,31,32). The Hall–Kier alpha value is -4.24. The normalized spacial score (nSPS) is 16.6. The lowest BCUT2D eigenvalue weighted by molar-refractivity contribution is -0.149. The van der Waals surface area contributed by atoms with Crippen molar-refractivity contribution in [2.75, 3.05) is 23.4 Å². The van der Waals surface area contributed by atoms with Gasteiger partial charge in [-0.05, 0) is 52.7 Å². The Bertz CT molecular complexity index is 1310. The number of esters is 1. The number of carbonyl (C=O) groups excluding carboxylic acids is 1. The first-order valence-electron chi connectivity index (χ1n) is 11.7. The van der Waals surface area contributed by atoms with Crippen LogP contribution >= 0.6 is 0 Å². The van der Waals surface area contributed by atoms with E-state index in [0.717, 1.165) is 33.6 Å². The Morgan fingerprint density at radius 3 is 2.46 bits per heavy atom. The van der Waals surface area contributed by atoms with Crippen LogP contribution in [0.1, 0.15) is 19.4 Å². The molecule has 1 unspecified atom stereocenters. The third kappa shape index (κ3) is 4.10. The van der Waals surface area contributed by atoms with Crippen LogP contribution in [0.5, 0.6) is 0 Å². The monoisotopic (exact) mass is 469 g/mol. The number of rotatable bonds is 8. The first-order chi connectivity index (χ1) is 17.2. The maximum Gasteiger partial charge on any atom is 0.369 e. The van der Waals surface area contributed by atoms with Crippen LogP contribution in [0, 0.1) is 0 Å². The molecule has 0 aliphatic carbocycles. The van der Waals surface area contributed by atoms with E-state index >= 15 is 0 Å². The number of aromatic nitrogens is 4. The summed E-state index contributed by atoms with van der Waals surface area (Å²) >= 11 is 0. The number of anilines is 2. The van der Waals surface area contributed by atoms with Gasteiger partial charge in [0.2, 0.25) is 0 Å². The number of hydrogen-bond donors (Lipinski definition) is 3. The van der Waals surface area contributed by atoms with Crippen LogP contribution in [-0.2, 0) is 16.1 Å². The summed E-state index contributed by atoms with van der Waals surface area (Å²) in [5.41, 5.74) is 5.87. The minimum Gasteiger partial charge on any atom is -0.462 e. The second kappa shape index (κ2) is 9.55. The van der Waals surface area contributed by atoms with E-state index in [-0.39, 0.29) is 5.97 Å². The van der Waals surface area contributed by atoms with Gasteiger partial charge >= 0.3 is 5.97 Å². The summed E-state index contributed by atoms with van der Waals surface area (Å²) in [4.78, 5) is 15.2. The van der Waals surface area contributed by atoms with Crippen molar-refractivity contribution in [2.45, 2.75) is 26.2 Å². The average Bonchev–Trinajstić information content (AvgIpc) is 3.53. The molecule has 3 N–H and O–H groups in total. The summed E-state index contributed by atoms with van der Waals surface area (Å²) in [6, 6.07) is 24.2. The van der Waals surface area contributed by atoms with E-state index in [4.69, 9.17) is 4.74 Å². The lowest BCUT2D eigenvalue weighted by Gasteiger charge is -2.38. The number of likely N-dealkylation sites (N-methyl/N-ethyl adjacent to an activating group) is 1. The smallest absolute Gasteiger partial charge is 0.369 e. The molecule has 1 atom stereocenters. The molecule has 2 heterocycles. The van der Waals surface area contributed by atoms with E-state index in [1.54, 1.807) is 0 Å². The van der Waals surface area contributed by atoms with Gasteiger partial charge < -0.3 is 15.0 Å². The fraction of sp³-hybridized carbons (Fsp3) is 0.231. The zero-order valence-corrected chi connectivity index (χ0v) is 19.7. The quantitative estimate of drug-likeness (QED) is 0.335. The van der Waals surface area contributed by atoms with Crippen molar-refractivity contribution < 1.29 is 9.53 Å². The fourth-order valence-corrected chi connectivity index (χ4v) is 4.51. The second-order valence-corrected chi connectivity index (χ2v) is 8.18. The van der Waals surface area contributed by atoms with Gasteiger partial charge in [0, 0.05) is 12.1 Å². The van der Waals surface area contributed by atoms with E-state index in [9.17, 15) is 4.79 Å². The number of H-pyrrole nitrogens is 1. The lowest BCUT2D eigenvalue weighted by Crippen LogP contribution is -2.67. The van der Waals surface area contributed by atoms with Gasteiger partial charge in [-0.1, -0.05) is 67.6 Å². The third-order valence-electron chi connectivity index (χ3n) is 6.05. The van der Waals surface area contributed by atoms with Gasteiger partial charge in [0.15, 0.2) is 5.82 Å². The summed E-state index contributed by atoms with van der Waals surface area (Å²) in [5.74, 6) is -0.919. The SMILES string of the molecule is CCNC1(C(=O)OCC)Nc2ccccc2N1Cc1ccc(-c2ccccc2-c2nnn[nH]2)cc1. The highest BCUT2D eigenvalue weighted by Gasteiger charge is 2.50. The maximum atomic E-state index is 13.2. The van der Waals surface area contributed by atoms with Crippen molar-refractivity contribution in [3.05, 3.63) is 78.4 Å². The largest absolute Gasteiger partial charge is 0.462 e. The van der Waals surface area contributed by atoms with Crippen molar-refractivity contribution >= 4 is 17.3 Å². The predicted octanol–water partition coefficient (Wildman–Crippen LogP) is 3.79. The summed E-state index contributed by atoms with van der Waals surface area (Å²) < 4.78 is 5.48. The van der Waals surface area contributed by atoms with Crippen LogP contribution in [0.4, 0.5) is 11.4 Å². The van der Waals surface area contributed by atoms with E-state index < -0.39 is 5.79 Å². The third-order valence-corrected chi connectivity index (χ3v) is 6.05. The zero-order chi connectivity index (χ0) is 24.3. The molecular formula is C26H27N7O2. The van der Waals surface area contributed by atoms with E-state index in [0.29, 0.717) is 25.5 Å². The van der Waals surface area contributed by atoms with E-state index in [1.807, 2.05) is 67.3 Å². The van der Waals surface area contributed by atoms with Crippen LogP contribution in [0.15, 0.2) is 72.8 Å². The highest BCUT2D eigenvalue weighted by atomic mass is 16.5. The van der Waals surface area contributed by atoms with Crippen LogP contribution in [-0.4, -0.2) is 45.5 Å². The molecule has 1 aliphatic heterocycles. The molecule has 35 heavy (non-hydrogen) atoms. The number of aromatic amines is 1. The minimum absolute atomic E-state index is 0.298. The first-order valence-corrected chi connectivity index (χ1v) is 11.7. The van der Waals surface area contributed by atoms with Crippen molar-refractivity contribution in [3.63, 3.8) is 0 Å². The topological polar surface area (TPSA) is 108 Å². The van der Waals surface area contributed by atoms with E-state index in [1.165, 1.54) is 0 Å². The predicted molar refractivity (Wildman–Crippen MR) is 134 cm³/mol. The molecule has 9 heteroatoms. The van der Waals surface area contributed by atoms with Gasteiger partial charge in [0.25, 0.3) is 5.79 Å². The molecule has 0 saturated heterocycles. The van der Waals surface area contributed by atoms with Gasteiger partial charge in [0.05, 0.1) is 18.0 Å². The van der Waals surface area contributed by atoms with Crippen molar-refractivity contribution in [2.24, 2.45) is 0 Å². The average molecular weight is 470 g/mol. The molecular weight excluding hydrogens is 442 g/mol. The highest BCUT2D eigenvalue weighted by Crippen LogP contribution is 2.40. The molecule has 0 radical (unpaired) electrons. The first kappa shape index (κ1) is 22.5. The number of nitrogens with one attached hydrogen (secondary N) is 3. The molecule has 1 aliphatic rings. The van der Waals surface area contributed by atoms with Crippen LogP contribution in [0.25, 0.3) is 22.5 Å². The Labute approximate surface area is 203 Å². The number of tetrazole rings is 1. The number of carbonyl (C=O) groups is 1. The molecule has 0 spiro atoms. The van der Waals surface area contributed by atoms with Gasteiger partial charge in [-0.25, -0.2) is 9.89 Å². The van der Waals surface area contributed by atoms with Crippen LogP contribution < -0.4 is 15.5 Å². The summed E-state index contributed by atoms with van der Waals surface area (Å²) in [6.45, 7) is 5.18. The molecule has 9 nitrogen and oxygen atoms in total. The number of fused-ring (bicyclic) bond motifs is 1. The molecule has 0 saturated carbocycles. The van der Waals surface area contributed by atoms with Crippen molar-refractivity contribution in [1.29, 1.82) is 0 Å². The summed E-state index contributed by atoms with van der Waals surface area (Å²) in [5, 5.41) is 21.0. The zero-order valence-electron chi connectivity index (χ0n) is 19.7. The second-order valence-electron chi connectivity index (χ2n) is 8.18. The van der Waals surface area contributed by atoms with Gasteiger partial charge in [0.1, 0.15) is 0 Å². The molecule has 0 bridgehead atoms. The fourth-order valence-electron chi connectivity index (χ4n) is 4.51. The molecule has 3 aromatic carbocycles. The molecule has 0 amide bonds. The van der Waals surface area contributed by atoms with Crippen molar-refractivity contribution in [1.82, 2.24) is 25.9 Å². The number of ether oxygens (including phenoxy) is 1. The van der Waals surface area contributed by atoms with Gasteiger partial charge in [-0.2, -0.15) is 0 Å². The Balaban J connectivity index is 1.48. The Kier molecular flexibility index (Phi) is 6.15. The summed E-state index contributed by atoms with van der Waals surface area (Å²) in [7, 11) is 0. The molecule has 178 valence electrons. The van der Waals surface area contributed by atoms with Crippen LogP contribution in [0.2, 0.25) is 0 Å². The number of benzene rings is 3. The highest BCUT2D eigenvalue weighted by molar-refractivity contribution is 5.95. The molecule has 5 rings (SSSR count). The number of hydrogen-bond acceptors (Lipinski definition) is 8. The number of nitrogens with zero attached hydrogens (tertiary/aromatic N) is 4. The number of para-hydroxylation sites is 2. The molecule has 0 fully saturated rings. The lowest BCUT2D eigenvalue weighted by atomic mass is 9.98. The van der Waals surface area contributed by atoms with Gasteiger partial charge in [-0.15, -0.1) is 5.10 Å². The van der Waals surface area contributed by atoms with Crippen LogP contribution in [0.3, 0.4) is 0 Å². The Morgan fingerprint density at radius 2 is 1.74 bits per heavy atom. The molecule has 4 aromatic rings. The molecule has 1 aromatic heterocycles. The minimum atomic E-state index is -1.18. The van der Waals surface area contributed by atoms with E-state index in [2.05, 4.69) is 55.5 Å². The Morgan fingerprint density at radius 1 is 1.00 bits per heavy atom. The van der Waals surface area contributed by atoms with Gasteiger partial charge in [-0.3, -0.25) is 5.32 Å². The maximum absolute atomic E-state index is 13.2. The van der Waals surface area contributed by atoms with Crippen molar-refractivity contribution in [3.8, 4) is 22.5 Å². The summed E-state index contributed by atoms with van der Waals surface area (Å²) in [6.07, 6.45) is 0.